The molecule has 4 nitrogen and oxygen atoms in total. The topological polar surface area (TPSA) is 49.4 Å². The van der Waals surface area contributed by atoms with Crippen LogP contribution in [0.3, 0.4) is 0 Å². The third-order valence-electron chi connectivity index (χ3n) is 4.61. The van der Waals surface area contributed by atoms with Gasteiger partial charge in [0.25, 0.3) is 0 Å². The third kappa shape index (κ3) is 1.82. The highest BCUT2D eigenvalue weighted by Gasteiger charge is 2.71. The summed E-state index contributed by atoms with van der Waals surface area (Å²) in [6.07, 6.45) is -2.87. The zero-order valence-corrected chi connectivity index (χ0v) is 11.2. The lowest BCUT2D eigenvalue weighted by molar-refractivity contribution is -0.210. The molecule has 0 bridgehead atoms. The Morgan fingerprint density at radius 2 is 1.90 bits per heavy atom. The monoisotopic (exact) mass is 290 g/mol. The summed E-state index contributed by atoms with van der Waals surface area (Å²) in [6, 6.07) is -1.76. The predicted octanol–water partition coefficient (Wildman–Crippen LogP) is 1.60. The minimum absolute atomic E-state index is 0.00999. The van der Waals surface area contributed by atoms with Crippen molar-refractivity contribution in [3.8, 4) is 0 Å². The fourth-order valence-corrected chi connectivity index (χ4v) is 3.14. The molecule has 2 atom stereocenters. The maximum Gasteiger partial charge on any atom is 0.411 e. The molecule has 1 N–H and O–H groups in total. The van der Waals surface area contributed by atoms with E-state index >= 15 is 0 Å². The second-order valence-electron chi connectivity index (χ2n) is 5.99. The second kappa shape index (κ2) is 4.11. The maximum atomic E-state index is 13.3. The van der Waals surface area contributed by atoms with Crippen LogP contribution in [0, 0.1) is 5.92 Å². The number of carbonyl (C=O) groups excluding carboxylic acids is 2. The Labute approximate surface area is 114 Å². The average molecular weight is 290 g/mol. The zero-order chi connectivity index (χ0) is 14.7. The van der Waals surface area contributed by atoms with Gasteiger partial charge in [-0.05, 0) is 38.0 Å². The summed E-state index contributed by atoms with van der Waals surface area (Å²) in [6.45, 7) is 1.63. The maximum absolute atomic E-state index is 13.3. The van der Waals surface area contributed by atoms with Crippen LogP contribution in [0.1, 0.15) is 39.0 Å². The van der Waals surface area contributed by atoms with Crippen molar-refractivity contribution >= 4 is 11.8 Å². The predicted molar refractivity (Wildman–Crippen MR) is 63.6 cm³/mol. The molecule has 7 heteroatoms. The van der Waals surface area contributed by atoms with Crippen molar-refractivity contribution in [2.45, 2.75) is 62.8 Å². The van der Waals surface area contributed by atoms with Gasteiger partial charge in [0.05, 0.1) is 0 Å². The molecule has 3 aliphatic rings. The number of carbonyl (C=O) groups is 2. The molecule has 3 fully saturated rings. The number of nitrogens with one attached hydrogen (secondary N) is 1. The first kappa shape index (κ1) is 13.7. The SMILES string of the molecule is CCC1C(=O)NC(C2CC2)C(=O)N1C1(C(F)(F)F)CC1. The summed E-state index contributed by atoms with van der Waals surface area (Å²) in [5.74, 6) is -0.982. The van der Waals surface area contributed by atoms with Crippen molar-refractivity contribution in [1.29, 1.82) is 0 Å². The molecular formula is C13H17F3N2O2. The van der Waals surface area contributed by atoms with Gasteiger partial charge < -0.3 is 10.2 Å². The van der Waals surface area contributed by atoms with E-state index in [0.717, 1.165) is 17.7 Å². The van der Waals surface area contributed by atoms with Crippen molar-refractivity contribution < 1.29 is 22.8 Å². The summed E-state index contributed by atoms with van der Waals surface area (Å²) in [4.78, 5) is 25.4. The molecule has 0 aromatic carbocycles. The number of halogens is 3. The number of hydrogen-bond donors (Lipinski definition) is 1. The van der Waals surface area contributed by atoms with E-state index in [1.54, 1.807) is 6.92 Å². The molecule has 0 aromatic heterocycles. The average Bonchev–Trinajstić information content (AvgIpc) is 3.23. The molecule has 0 radical (unpaired) electrons. The van der Waals surface area contributed by atoms with E-state index in [1.807, 2.05) is 0 Å². The third-order valence-corrected chi connectivity index (χ3v) is 4.61. The Bertz CT molecular complexity index is 455. The first-order valence-electron chi connectivity index (χ1n) is 7.02. The molecule has 0 spiro atoms. The highest BCUT2D eigenvalue weighted by molar-refractivity contribution is 5.98. The minimum Gasteiger partial charge on any atom is -0.342 e. The lowest BCUT2D eigenvalue weighted by Crippen LogP contribution is -2.69. The summed E-state index contributed by atoms with van der Waals surface area (Å²) in [5, 5.41) is 2.61. The Balaban J connectivity index is 1.95. The molecule has 3 rings (SSSR count). The lowest BCUT2D eigenvalue weighted by atomic mass is 9.98. The smallest absolute Gasteiger partial charge is 0.342 e. The van der Waals surface area contributed by atoms with Crippen LogP contribution in [-0.4, -0.2) is 40.5 Å². The Morgan fingerprint density at radius 1 is 1.30 bits per heavy atom. The van der Waals surface area contributed by atoms with E-state index < -0.39 is 35.6 Å². The van der Waals surface area contributed by atoms with Gasteiger partial charge in [-0.1, -0.05) is 6.92 Å². The molecule has 1 aliphatic heterocycles. The minimum atomic E-state index is -4.47. The van der Waals surface area contributed by atoms with Crippen LogP contribution >= 0.6 is 0 Å². The van der Waals surface area contributed by atoms with Gasteiger partial charge in [0.15, 0.2) is 0 Å². The van der Waals surface area contributed by atoms with Gasteiger partial charge >= 0.3 is 6.18 Å². The van der Waals surface area contributed by atoms with E-state index in [1.165, 1.54) is 0 Å². The molecule has 2 saturated carbocycles. The molecule has 20 heavy (non-hydrogen) atoms. The lowest BCUT2D eigenvalue weighted by Gasteiger charge is -2.44. The summed E-state index contributed by atoms with van der Waals surface area (Å²) < 4.78 is 39.9. The van der Waals surface area contributed by atoms with E-state index in [-0.39, 0.29) is 25.2 Å². The van der Waals surface area contributed by atoms with Gasteiger partial charge in [0.2, 0.25) is 11.8 Å². The Kier molecular flexibility index (Phi) is 2.82. The van der Waals surface area contributed by atoms with Gasteiger partial charge in [0, 0.05) is 0 Å². The van der Waals surface area contributed by atoms with Crippen LogP contribution in [0.4, 0.5) is 13.2 Å². The van der Waals surface area contributed by atoms with Gasteiger partial charge in [-0.15, -0.1) is 0 Å². The van der Waals surface area contributed by atoms with Crippen LogP contribution in [-0.2, 0) is 9.59 Å². The number of rotatable bonds is 3. The van der Waals surface area contributed by atoms with Gasteiger partial charge in [-0.3, -0.25) is 9.59 Å². The van der Waals surface area contributed by atoms with Crippen molar-refractivity contribution in [3.63, 3.8) is 0 Å². The number of nitrogens with zero attached hydrogens (tertiary/aromatic N) is 1. The molecular weight excluding hydrogens is 273 g/mol. The molecule has 112 valence electrons. The second-order valence-corrected chi connectivity index (χ2v) is 5.99. The van der Waals surface area contributed by atoms with E-state index in [2.05, 4.69) is 5.32 Å². The van der Waals surface area contributed by atoms with Crippen LogP contribution in [0.15, 0.2) is 0 Å². The van der Waals surface area contributed by atoms with Crippen molar-refractivity contribution in [2.24, 2.45) is 5.92 Å². The standard InChI is InChI=1S/C13H17F3N2O2/c1-2-8-10(19)17-9(7-3-4-7)11(20)18(8)12(5-6-12)13(14,15)16/h7-9H,2-6H2,1H3,(H,17,19). The highest BCUT2D eigenvalue weighted by atomic mass is 19.4. The van der Waals surface area contributed by atoms with Crippen molar-refractivity contribution in [2.75, 3.05) is 0 Å². The Hall–Kier alpha value is -1.27. The first-order valence-corrected chi connectivity index (χ1v) is 7.02. The van der Waals surface area contributed by atoms with Crippen LogP contribution in [0.5, 0.6) is 0 Å². The Morgan fingerprint density at radius 3 is 2.30 bits per heavy atom. The highest BCUT2D eigenvalue weighted by Crippen LogP contribution is 2.55. The van der Waals surface area contributed by atoms with Gasteiger partial charge in [-0.25, -0.2) is 0 Å². The van der Waals surface area contributed by atoms with Crippen LogP contribution in [0.25, 0.3) is 0 Å². The number of alkyl halides is 3. The molecule has 2 aliphatic carbocycles. The molecule has 2 unspecified atom stereocenters. The fourth-order valence-electron chi connectivity index (χ4n) is 3.14. The van der Waals surface area contributed by atoms with Crippen molar-refractivity contribution in [1.82, 2.24) is 10.2 Å². The van der Waals surface area contributed by atoms with Crippen LogP contribution < -0.4 is 5.32 Å². The fraction of sp³-hybridized carbons (Fsp3) is 0.846. The van der Waals surface area contributed by atoms with E-state index in [0.29, 0.717) is 0 Å². The van der Waals surface area contributed by atoms with E-state index in [4.69, 9.17) is 0 Å². The van der Waals surface area contributed by atoms with Gasteiger partial charge in [0.1, 0.15) is 17.6 Å². The molecule has 2 amide bonds. The largest absolute Gasteiger partial charge is 0.411 e. The normalized spacial score (nSPS) is 33.1. The van der Waals surface area contributed by atoms with E-state index in [9.17, 15) is 22.8 Å². The number of amides is 2. The molecule has 1 saturated heterocycles. The first-order chi connectivity index (χ1) is 9.32. The molecule has 0 aromatic rings. The quantitative estimate of drug-likeness (QED) is 0.858. The van der Waals surface area contributed by atoms with Crippen molar-refractivity contribution in [3.05, 3.63) is 0 Å². The number of hydrogen-bond acceptors (Lipinski definition) is 2. The van der Waals surface area contributed by atoms with Gasteiger partial charge in [-0.2, -0.15) is 13.2 Å². The van der Waals surface area contributed by atoms with Crippen LogP contribution in [0.2, 0.25) is 0 Å². The zero-order valence-electron chi connectivity index (χ0n) is 11.2. The molecule has 1 heterocycles. The summed E-state index contributed by atoms with van der Waals surface area (Å²) >= 11 is 0. The summed E-state index contributed by atoms with van der Waals surface area (Å²) in [7, 11) is 0. The summed E-state index contributed by atoms with van der Waals surface area (Å²) in [5.41, 5.74) is -2.10. The number of piperazine rings is 1.